The maximum absolute atomic E-state index is 13.2. The number of amides is 2. The van der Waals surface area contributed by atoms with Crippen molar-refractivity contribution in [3.63, 3.8) is 0 Å². The van der Waals surface area contributed by atoms with Gasteiger partial charge in [0.15, 0.2) is 11.5 Å². The van der Waals surface area contributed by atoms with E-state index in [9.17, 15) is 9.59 Å². The van der Waals surface area contributed by atoms with Gasteiger partial charge in [-0.25, -0.2) is 0 Å². The first kappa shape index (κ1) is 21.4. The second-order valence-corrected chi connectivity index (χ2v) is 7.79. The van der Waals surface area contributed by atoms with Crippen LogP contribution in [0.5, 0.6) is 11.5 Å². The summed E-state index contributed by atoms with van der Waals surface area (Å²) < 4.78 is 16.3. The van der Waals surface area contributed by atoms with Crippen molar-refractivity contribution in [2.24, 2.45) is 0 Å². The van der Waals surface area contributed by atoms with Crippen LogP contribution in [0.4, 0.5) is 0 Å². The van der Waals surface area contributed by atoms with Gasteiger partial charge in [0.1, 0.15) is 0 Å². The summed E-state index contributed by atoms with van der Waals surface area (Å²) in [6, 6.07) is 5.28. The highest BCUT2D eigenvalue weighted by Gasteiger charge is 2.27. The van der Waals surface area contributed by atoms with Gasteiger partial charge < -0.3 is 24.4 Å². The zero-order valence-electron chi connectivity index (χ0n) is 17.4. The van der Waals surface area contributed by atoms with Crippen LogP contribution in [0.3, 0.4) is 0 Å². The number of methoxy groups -OCH3 is 2. The van der Waals surface area contributed by atoms with Gasteiger partial charge in [0.2, 0.25) is 5.91 Å². The first-order valence-electron chi connectivity index (χ1n) is 10.5. The van der Waals surface area contributed by atoms with Crippen molar-refractivity contribution in [1.29, 1.82) is 0 Å². The van der Waals surface area contributed by atoms with Gasteiger partial charge in [-0.1, -0.05) is 19.3 Å². The Morgan fingerprint density at radius 3 is 2.48 bits per heavy atom. The zero-order chi connectivity index (χ0) is 20.6. The summed E-state index contributed by atoms with van der Waals surface area (Å²) in [4.78, 5) is 27.5. The summed E-state index contributed by atoms with van der Waals surface area (Å²) in [6.45, 7) is 1.14. The van der Waals surface area contributed by atoms with Crippen LogP contribution in [0.15, 0.2) is 18.2 Å². The topological polar surface area (TPSA) is 77.1 Å². The Labute approximate surface area is 172 Å². The van der Waals surface area contributed by atoms with Crippen molar-refractivity contribution in [2.75, 3.05) is 33.9 Å². The van der Waals surface area contributed by atoms with Gasteiger partial charge in [-0.05, 0) is 43.9 Å². The number of benzene rings is 1. The van der Waals surface area contributed by atoms with Crippen LogP contribution in [0.2, 0.25) is 0 Å². The van der Waals surface area contributed by atoms with Gasteiger partial charge in [-0.2, -0.15) is 0 Å². The summed E-state index contributed by atoms with van der Waals surface area (Å²) in [6.07, 6.45) is 7.42. The van der Waals surface area contributed by atoms with E-state index in [1.165, 1.54) is 13.5 Å². The Morgan fingerprint density at radius 2 is 1.83 bits per heavy atom. The molecule has 7 nitrogen and oxygen atoms in total. The van der Waals surface area contributed by atoms with E-state index in [1.807, 2.05) is 0 Å². The molecule has 1 aromatic rings. The van der Waals surface area contributed by atoms with Gasteiger partial charge in [0.05, 0.1) is 26.9 Å². The van der Waals surface area contributed by atoms with Crippen LogP contribution in [-0.2, 0) is 9.53 Å². The van der Waals surface area contributed by atoms with Crippen LogP contribution in [0.1, 0.15) is 55.3 Å². The third kappa shape index (κ3) is 5.85. The minimum atomic E-state index is -0.208. The Kier molecular flexibility index (Phi) is 7.75. The third-order valence-electron chi connectivity index (χ3n) is 5.67. The van der Waals surface area contributed by atoms with Crippen molar-refractivity contribution in [3.05, 3.63) is 23.8 Å². The number of nitrogens with one attached hydrogen (secondary N) is 1. The second kappa shape index (κ2) is 10.5. The van der Waals surface area contributed by atoms with E-state index in [1.54, 1.807) is 30.2 Å². The number of ether oxygens (including phenoxy) is 3. The molecule has 0 spiro atoms. The first-order valence-corrected chi connectivity index (χ1v) is 10.5. The molecule has 1 atom stereocenters. The summed E-state index contributed by atoms with van der Waals surface area (Å²) >= 11 is 0. The molecule has 1 aromatic carbocycles. The fourth-order valence-corrected chi connectivity index (χ4v) is 4.10. The monoisotopic (exact) mass is 404 g/mol. The highest BCUT2D eigenvalue weighted by Crippen LogP contribution is 2.28. The Hall–Kier alpha value is -2.28. The summed E-state index contributed by atoms with van der Waals surface area (Å²) in [5, 5.41) is 3.10. The lowest BCUT2D eigenvalue weighted by molar-refractivity contribution is -0.123. The van der Waals surface area contributed by atoms with Crippen molar-refractivity contribution in [3.8, 4) is 11.5 Å². The Morgan fingerprint density at radius 1 is 1.07 bits per heavy atom. The molecular weight excluding hydrogens is 372 g/mol. The number of nitrogens with zero attached hydrogens (tertiary/aromatic N) is 1. The molecule has 7 heteroatoms. The smallest absolute Gasteiger partial charge is 0.254 e. The molecule has 2 fully saturated rings. The number of hydrogen-bond donors (Lipinski definition) is 1. The first-order chi connectivity index (χ1) is 14.1. The molecule has 2 aliphatic rings. The van der Waals surface area contributed by atoms with Crippen LogP contribution in [-0.4, -0.2) is 62.8 Å². The van der Waals surface area contributed by atoms with Crippen molar-refractivity contribution in [2.45, 2.75) is 57.1 Å². The van der Waals surface area contributed by atoms with E-state index in [4.69, 9.17) is 14.2 Å². The van der Waals surface area contributed by atoms with Crippen molar-refractivity contribution >= 4 is 11.8 Å². The van der Waals surface area contributed by atoms with Crippen LogP contribution in [0.25, 0.3) is 0 Å². The third-order valence-corrected chi connectivity index (χ3v) is 5.67. The molecule has 2 amide bonds. The molecule has 1 heterocycles. The minimum absolute atomic E-state index is 0.0263. The van der Waals surface area contributed by atoms with Crippen LogP contribution >= 0.6 is 0 Å². The lowest BCUT2D eigenvalue weighted by Gasteiger charge is -2.28. The van der Waals surface area contributed by atoms with Gasteiger partial charge >= 0.3 is 0 Å². The van der Waals surface area contributed by atoms with Gasteiger partial charge in [-0.3, -0.25) is 9.59 Å². The Bertz CT molecular complexity index is 696. The summed E-state index contributed by atoms with van der Waals surface area (Å²) in [5.74, 6) is 0.732. The number of carbonyl (C=O) groups excluding carboxylic acids is 2. The number of carbonyl (C=O) groups is 2. The predicted octanol–water partition coefficient (Wildman–Crippen LogP) is 2.77. The lowest BCUT2D eigenvalue weighted by atomic mass is 9.95. The van der Waals surface area contributed by atoms with Crippen molar-refractivity contribution < 1.29 is 23.8 Å². The normalized spacial score (nSPS) is 19.6. The summed E-state index contributed by atoms with van der Waals surface area (Å²) in [7, 11) is 3.09. The number of hydrogen-bond acceptors (Lipinski definition) is 5. The average Bonchev–Trinajstić information content (AvgIpc) is 3.26. The predicted molar refractivity (Wildman–Crippen MR) is 109 cm³/mol. The fraction of sp³-hybridized carbons (Fsp3) is 0.636. The molecule has 1 N–H and O–H groups in total. The maximum Gasteiger partial charge on any atom is 0.254 e. The van der Waals surface area contributed by atoms with Crippen LogP contribution in [0, 0.1) is 0 Å². The molecule has 29 heavy (non-hydrogen) atoms. The SMILES string of the molecule is COc1ccc(C(=O)N(CC(=O)NC2CCCCC2)C[C@@H]2CCCO2)cc1OC. The van der Waals surface area contributed by atoms with Crippen molar-refractivity contribution in [1.82, 2.24) is 10.2 Å². The molecule has 3 rings (SSSR count). The molecule has 1 saturated heterocycles. The zero-order valence-corrected chi connectivity index (χ0v) is 17.4. The number of rotatable bonds is 8. The molecule has 160 valence electrons. The molecule has 1 saturated carbocycles. The molecule has 1 aliphatic carbocycles. The fourth-order valence-electron chi connectivity index (χ4n) is 4.10. The van der Waals surface area contributed by atoms with Gasteiger partial charge in [0, 0.05) is 24.8 Å². The molecule has 0 aromatic heterocycles. The standard InChI is InChI=1S/C22H32N2O5/c1-27-19-11-10-16(13-20(19)28-2)22(26)24(14-18-9-6-12-29-18)15-21(25)23-17-7-4-3-5-8-17/h10-11,13,17-18H,3-9,12,14-15H2,1-2H3,(H,23,25)/t18-/m0/s1. The van der Waals surface area contributed by atoms with E-state index >= 15 is 0 Å². The largest absolute Gasteiger partial charge is 0.493 e. The highest BCUT2D eigenvalue weighted by atomic mass is 16.5. The van der Waals surface area contributed by atoms with E-state index < -0.39 is 0 Å². The van der Waals surface area contributed by atoms with E-state index in [0.717, 1.165) is 38.5 Å². The molecule has 0 bridgehead atoms. The molecular formula is C22H32N2O5. The minimum Gasteiger partial charge on any atom is -0.493 e. The maximum atomic E-state index is 13.2. The highest BCUT2D eigenvalue weighted by molar-refractivity contribution is 5.97. The van der Waals surface area contributed by atoms with Gasteiger partial charge in [-0.15, -0.1) is 0 Å². The van der Waals surface area contributed by atoms with E-state index in [2.05, 4.69) is 5.32 Å². The Balaban J connectivity index is 1.71. The summed E-state index contributed by atoms with van der Waals surface area (Å²) in [5.41, 5.74) is 0.464. The van der Waals surface area contributed by atoms with Crippen LogP contribution < -0.4 is 14.8 Å². The lowest BCUT2D eigenvalue weighted by Crippen LogP contribution is -2.46. The van der Waals surface area contributed by atoms with E-state index in [0.29, 0.717) is 30.2 Å². The molecule has 0 radical (unpaired) electrons. The molecule has 1 aliphatic heterocycles. The van der Waals surface area contributed by atoms with Gasteiger partial charge in [0.25, 0.3) is 5.91 Å². The average molecular weight is 405 g/mol. The quantitative estimate of drug-likeness (QED) is 0.721. The van der Waals surface area contributed by atoms with E-state index in [-0.39, 0.29) is 30.5 Å². The molecule has 0 unspecified atom stereocenters. The second-order valence-electron chi connectivity index (χ2n) is 7.79.